The summed E-state index contributed by atoms with van der Waals surface area (Å²) in [4.78, 5) is 14.8. The minimum absolute atomic E-state index is 0.212. The van der Waals surface area contributed by atoms with Gasteiger partial charge in [0.2, 0.25) is 5.95 Å². The van der Waals surface area contributed by atoms with Crippen LogP contribution in [-0.4, -0.2) is 62.6 Å². The summed E-state index contributed by atoms with van der Waals surface area (Å²) < 4.78 is 30.6. The number of aromatic nitrogens is 2. The highest BCUT2D eigenvalue weighted by molar-refractivity contribution is 7.84. The van der Waals surface area contributed by atoms with Gasteiger partial charge in [0.15, 0.2) is 0 Å². The minimum atomic E-state index is -3.43. The molecule has 0 radical (unpaired) electrons. The lowest BCUT2D eigenvalue weighted by molar-refractivity contribution is -0.164. The van der Waals surface area contributed by atoms with Gasteiger partial charge < -0.3 is 25.2 Å². The third-order valence-electron chi connectivity index (χ3n) is 7.93. The molecule has 0 spiro atoms. The van der Waals surface area contributed by atoms with Gasteiger partial charge in [-0.05, 0) is 75.2 Å². The first-order valence-corrected chi connectivity index (χ1v) is 18.2. The second kappa shape index (κ2) is 12.0. The number of methoxy groups -OCH3 is 1. The fourth-order valence-corrected chi connectivity index (χ4v) is 7.72. The summed E-state index contributed by atoms with van der Waals surface area (Å²) in [6, 6.07) is 21.4. The van der Waals surface area contributed by atoms with E-state index in [2.05, 4.69) is 32.6 Å². The van der Waals surface area contributed by atoms with Crippen LogP contribution in [0.3, 0.4) is 0 Å². The van der Waals surface area contributed by atoms with Gasteiger partial charge in [-0.15, -0.1) is 0 Å². The molecule has 0 amide bonds. The number of benzene rings is 3. The van der Waals surface area contributed by atoms with Gasteiger partial charge in [-0.25, -0.2) is 4.98 Å². The first-order chi connectivity index (χ1) is 19.9. The summed E-state index contributed by atoms with van der Waals surface area (Å²) >= 11 is 1.11. The van der Waals surface area contributed by atoms with Gasteiger partial charge in [-0.2, -0.15) is 13.4 Å². The van der Waals surface area contributed by atoms with E-state index in [1.165, 1.54) is 38.8 Å². The van der Waals surface area contributed by atoms with Crippen molar-refractivity contribution in [2.45, 2.75) is 36.6 Å². The van der Waals surface area contributed by atoms with Crippen molar-refractivity contribution in [1.29, 1.82) is 0 Å². The van der Waals surface area contributed by atoms with Crippen molar-refractivity contribution in [3.05, 3.63) is 66.7 Å². The van der Waals surface area contributed by atoms with E-state index in [1.807, 2.05) is 30.3 Å². The molecule has 11 heteroatoms. The maximum Gasteiger partial charge on any atom is 0.404 e. The molecule has 0 aliphatic carbocycles. The van der Waals surface area contributed by atoms with Crippen molar-refractivity contribution in [3.63, 3.8) is 0 Å². The number of anilines is 5. The van der Waals surface area contributed by atoms with Crippen molar-refractivity contribution in [1.82, 2.24) is 14.9 Å². The Kier molecular flexibility index (Phi) is 8.18. The zero-order valence-corrected chi connectivity index (χ0v) is 26.1. The number of nitrogens with zero attached hydrogens (tertiary/aromatic N) is 4. The average Bonchev–Trinajstić information content (AvgIpc) is 3.53. The van der Waals surface area contributed by atoms with Gasteiger partial charge >= 0.3 is 28.2 Å². The molecule has 3 heterocycles. The molecular weight excluding hydrogens is 651 g/mol. The Labute approximate surface area is 252 Å². The first-order valence-electron chi connectivity index (χ1n) is 13.9. The van der Waals surface area contributed by atoms with E-state index < -0.39 is 7.01 Å². The average molecular weight is 686 g/mol. The van der Waals surface area contributed by atoms with Crippen molar-refractivity contribution < 1.29 is 34.4 Å². The van der Waals surface area contributed by atoms with E-state index >= 15 is 0 Å². The predicted octanol–water partition coefficient (Wildman–Crippen LogP) is 2.16. The molecule has 1 aromatic heterocycles. The third kappa shape index (κ3) is 6.21. The Balaban J connectivity index is 1.25. The highest BCUT2D eigenvalue weighted by atomic mass is 127. The molecule has 2 fully saturated rings. The van der Waals surface area contributed by atoms with Crippen LogP contribution in [0.25, 0.3) is 10.9 Å². The lowest BCUT2D eigenvalue weighted by atomic mass is 10.0. The first kappa shape index (κ1) is 28.0. The highest BCUT2D eigenvalue weighted by Crippen LogP contribution is 2.35. The quantitative estimate of drug-likeness (QED) is 0.214. The number of likely N-dealkylation sites (tertiary alicyclic amines) is 1. The second-order valence-electron chi connectivity index (χ2n) is 10.5. The smallest absolute Gasteiger partial charge is 0.404 e. The largest absolute Gasteiger partial charge is 0.494 e. The Morgan fingerprint density at radius 1 is 0.878 bits per heavy atom. The fourth-order valence-electron chi connectivity index (χ4n) is 5.84. The SMILES string of the molecule is COc1cc(N2CCC(N3CCCC3)CC2)ccc1Nc1nc(Nc2ccccc2S(=O)(=O)[IH+])c2ccccc2n1. The number of piperidine rings is 1. The number of halogens is 1. The van der Waals surface area contributed by atoms with Gasteiger partial charge in [0, 0.05) is 36.3 Å². The molecule has 3 aromatic carbocycles. The molecule has 0 bridgehead atoms. The van der Waals surface area contributed by atoms with Gasteiger partial charge in [0.05, 0.1) is 24.0 Å². The molecule has 9 nitrogen and oxygen atoms in total. The van der Waals surface area contributed by atoms with E-state index in [0.29, 0.717) is 29.2 Å². The summed E-state index contributed by atoms with van der Waals surface area (Å²) in [5.74, 6) is 1.59. The van der Waals surface area contributed by atoms with Crippen LogP contribution in [0.2, 0.25) is 0 Å². The van der Waals surface area contributed by atoms with Gasteiger partial charge in [-0.3, -0.25) is 0 Å². The lowest BCUT2D eigenvalue weighted by Crippen LogP contribution is -3.36. The number of fused-ring (bicyclic) bond motifs is 1. The molecule has 2 aliphatic heterocycles. The van der Waals surface area contributed by atoms with Crippen LogP contribution in [0.4, 0.5) is 28.8 Å². The van der Waals surface area contributed by atoms with E-state index in [9.17, 15) is 8.42 Å². The summed E-state index contributed by atoms with van der Waals surface area (Å²) in [6.45, 7) is 4.57. The van der Waals surface area contributed by atoms with Gasteiger partial charge in [0.25, 0.3) is 0 Å². The molecule has 6 rings (SSSR count). The molecular formula is C30H34IN6O3S+. The molecule has 0 saturated carbocycles. The second-order valence-corrected chi connectivity index (χ2v) is 15.6. The summed E-state index contributed by atoms with van der Waals surface area (Å²) in [7, 11) is -1.76. The highest BCUT2D eigenvalue weighted by Gasteiger charge is 2.27. The number of hydrogen-bond donors (Lipinski definition) is 2. The van der Waals surface area contributed by atoms with Crippen LogP contribution in [0, 0.1) is 0 Å². The van der Waals surface area contributed by atoms with Crippen LogP contribution in [0.5, 0.6) is 5.75 Å². The topological polar surface area (TPSA) is 99.7 Å². The van der Waals surface area contributed by atoms with E-state index in [-0.39, 0.29) is 4.90 Å². The molecule has 4 aromatic rings. The fraction of sp³-hybridized carbons (Fsp3) is 0.333. The Morgan fingerprint density at radius 2 is 1.61 bits per heavy atom. The van der Waals surface area contributed by atoms with Crippen LogP contribution >= 0.6 is 0 Å². The van der Waals surface area contributed by atoms with Crippen molar-refractivity contribution in [2.75, 3.05) is 48.8 Å². The summed E-state index contributed by atoms with van der Waals surface area (Å²) in [5, 5.41) is 7.35. The monoisotopic (exact) mass is 685 g/mol. The van der Waals surface area contributed by atoms with Gasteiger partial charge in [-0.1, -0.05) is 24.3 Å². The molecule has 214 valence electrons. The zero-order valence-electron chi connectivity index (χ0n) is 22.9. The number of hydrogen-bond acceptors (Lipinski definition) is 9. The van der Waals surface area contributed by atoms with Crippen LogP contribution in [-0.2, 0) is 7.01 Å². The van der Waals surface area contributed by atoms with Gasteiger partial charge in [0.1, 0.15) is 16.5 Å². The standard InChI is InChI=1S/C30H34IN6O3S/c1-40-27-20-22(37-18-14-21(15-19-37)36-16-6-7-17-36)12-13-25(27)34-30-33-24-9-3-2-8-23(24)29(35-30)32-26-10-4-5-11-28(26)41(31,38)39/h2-5,8-13,20-21,31H,6-7,14-19H2,1H3,(H2,32,33,34,35)/q+1. The molecule has 41 heavy (non-hydrogen) atoms. The van der Waals surface area contributed by atoms with Crippen molar-refractivity contribution in [3.8, 4) is 5.75 Å². The number of rotatable bonds is 8. The molecule has 0 unspecified atom stereocenters. The van der Waals surface area contributed by atoms with Crippen LogP contribution in [0.15, 0.2) is 71.6 Å². The van der Waals surface area contributed by atoms with Crippen molar-refractivity contribution >= 4 is 46.7 Å². The normalized spacial score (nSPS) is 16.7. The zero-order chi connectivity index (χ0) is 28.4. The minimum Gasteiger partial charge on any atom is -0.494 e. The molecule has 2 N–H and O–H groups in total. The number of para-hydroxylation sites is 2. The Hall–Kier alpha value is -3.16. The predicted molar refractivity (Wildman–Crippen MR) is 160 cm³/mol. The molecule has 2 saturated heterocycles. The number of nitrogens with one attached hydrogen (secondary N) is 2. The van der Waals surface area contributed by atoms with Crippen molar-refractivity contribution in [2.24, 2.45) is 0 Å². The maximum atomic E-state index is 12.4. The summed E-state index contributed by atoms with van der Waals surface area (Å²) in [6.07, 6.45) is 5.04. The van der Waals surface area contributed by atoms with Crippen LogP contribution in [0.1, 0.15) is 25.7 Å². The summed E-state index contributed by atoms with van der Waals surface area (Å²) in [5.41, 5.74) is 3.08. The van der Waals surface area contributed by atoms with Crippen LogP contribution < -0.4 is 41.5 Å². The Morgan fingerprint density at radius 3 is 2.37 bits per heavy atom. The molecule has 0 atom stereocenters. The maximum absolute atomic E-state index is 12.4. The van der Waals surface area contributed by atoms with E-state index in [4.69, 9.17) is 14.7 Å². The van der Waals surface area contributed by atoms with E-state index in [1.54, 1.807) is 31.4 Å². The lowest BCUT2D eigenvalue weighted by Gasteiger charge is -2.38. The third-order valence-corrected chi connectivity index (χ3v) is 10.4. The molecule has 2 aliphatic rings. The Bertz CT molecular complexity index is 1650. The number of ether oxygens (including phenoxy) is 1. The van der Waals surface area contributed by atoms with E-state index in [0.717, 1.165) is 56.6 Å².